The summed E-state index contributed by atoms with van der Waals surface area (Å²) >= 11 is 0. The summed E-state index contributed by atoms with van der Waals surface area (Å²) < 4.78 is 27.2. The van der Waals surface area contributed by atoms with E-state index < -0.39 is 26.8 Å². The van der Waals surface area contributed by atoms with Crippen LogP contribution in [0.25, 0.3) is 0 Å². The lowest BCUT2D eigenvalue weighted by Crippen LogP contribution is -2.47. The summed E-state index contributed by atoms with van der Waals surface area (Å²) in [6.45, 7) is 6.57. The molecule has 1 aromatic carbocycles. The standard InChI is InChI=1S/C33H50O4S/c1-4-25(34)21-27(38(36,37)26-9-7-6-8-10-26)14-12-24-13-16-31-30-15-11-23-22-33(35,5-2)20-18-28(23)29(30)17-19-32(24,31)3/h6-11,24-25,27-31,34-35H,4-5,12-22H2,1-3H3/t24-,25-,27?,28-,29?,30+,31?,32+,33-/m0/s1. The van der Waals surface area contributed by atoms with Crippen LogP contribution in [0.4, 0.5) is 0 Å². The van der Waals surface area contributed by atoms with Gasteiger partial charge in [-0.2, -0.15) is 0 Å². The van der Waals surface area contributed by atoms with Crippen LogP contribution in [0.3, 0.4) is 0 Å². The van der Waals surface area contributed by atoms with Crippen molar-refractivity contribution in [3.05, 3.63) is 42.0 Å². The molecular weight excluding hydrogens is 492 g/mol. The van der Waals surface area contributed by atoms with Crippen LogP contribution >= 0.6 is 0 Å². The zero-order chi connectivity index (χ0) is 27.1. The zero-order valence-electron chi connectivity index (χ0n) is 23.8. The van der Waals surface area contributed by atoms with E-state index in [9.17, 15) is 18.6 Å². The Balaban J connectivity index is 1.30. The summed E-state index contributed by atoms with van der Waals surface area (Å²) in [5, 5.41) is 20.9. The predicted molar refractivity (Wildman–Crippen MR) is 153 cm³/mol. The van der Waals surface area contributed by atoms with Gasteiger partial charge in [-0.25, -0.2) is 8.42 Å². The Kier molecular flexibility index (Phi) is 8.22. The van der Waals surface area contributed by atoms with Gasteiger partial charge in [0, 0.05) is 0 Å². The number of aliphatic hydroxyl groups excluding tert-OH is 1. The molecule has 0 amide bonds. The SMILES string of the molecule is CC[C@H](O)CC(CC[C@H]1CCC2[C@@H]3CC=C4C[C@](O)(CC)CC[C@@H]4C3CC[C@@]21C)S(=O)(=O)c1ccccc1. The first-order valence-electron chi connectivity index (χ1n) is 15.5. The fourth-order valence-corrected chi connectivity index (χ4v) is 11.2. The van der Waals surface area contributed by atoms with Gasteiger partial charge in [0.2, 0.25) is 0 Å². The lowest BCUT2D eigenvalue weighted by atomic mass is 9.51. The molecule has 0 heterocycles. The topological polar surface area (TPSA) is 74.6 Å². The van der Waals surface area contributed by atoms with Crippen LogP contribution < -0.4 is 0 Å². The van der Waals surface area contributed by atoms with Crippen molar-refractivity contribution in [2.75, 3.05) is 0 Å². The van der Waals surface area contributed by atoms with Gasteiger partial charge >= 0.3 is 0 Å². The van der Waals surface area contributed by atoms with E-state index in [4.69, 9.17) is 0 Å². The summed E-state index contributed by atoms with van der Waals surface area (Å²) in [4.78, 5) is 0.386. The van der Waals surface area contributed by atoms with Gasteiger partial charge in [-0.3, -0.25) is 0 Å². The Bertz CT molecular complexity index is 1100. The van der Waals surface area contributed by atoms with Crippen molar-refractivity contribution in [2.24, 2.45) is 35.0 Å². The van der Waals surface area contributed by atoms with E-state index in [0.29, 0.717) is 36.0 Å². The first-order valence-corrected chi connectivity index (χ1v) is 17.0. The summed E-state index contributed by atoms with van der Waals surface area (Å²) in [5.74, 6) is 3.45. The molecule has 4 aliphatic carbocycles. The molecule has 0 spiro atoms. The normalized spacial score (nSPS) is 38.4. The van der Waals surface area contributed by atoms with E-state index in [2.05, 4.69) is 19.9 Å². The van der Waals surface area contributed by atoms with E-state index in [1.807, 2.05) is 13.0 Å². The largest absolute Gasteiger partial charge is 0.393 e. The number of rotatable bonds is 9. The molecule has 3 unspecified atom stereocenters. The average molecular weight is 543 g/mol. The van der Waals surface area contributed by atoms with Gasteiger partial charge in [0.25, 0.3) is 0 Å². The van der Waals surface area contributed by atoms with E-state index in [1.54, 1.807) is 29.8 Å². The second-order valence-corrected chi connectivity index (χ2v) is 15.8. The van der Waals surface area contributed by atoms with Gasteiger partial charge in [-0.1, -0.05) is 50.6 Å². The van der Waals surface area contributed by atoms with E-state index in [0.717, 1.165) is 56.3 Å². The maximum absolute atomic E-state index is 13.6. The van der Waals surface area contributed by atoms with Crippen LogP contribution in [0.2, 0.25) is 0 Å². The number of fused-ring (bicyclic) bond motifs is 5. The molecule has 0 aliphatic heterocycles. The predicted octanol–water partition coefficient (Wildman–Crippen LogP) is 7.10. The van der Waals surface area contributed by atoms with Gasteiger partial charge < -0.3 is 10.2 Å². The Hall–Kier alpha value is -1.17. The summed E-state index contributed by atoms with van der Waals surface area (Å²) in [6, 6.07) is 8.84. The third-order valence-electron chi connectivity index (χ3n) is 11.8. The summed E-state index contributed by atoms with van der Waals surface area (Å²) in [7, 11) is -3.48. The van der Waals surface area contributed by atoms with Crippen LogP contribution in [-0.2, 0) is 9.84 Å². The first-order chi connectivity index (χ1) is 18.1. The fraction of sp³-hybridized carbons (Fsp3) is 0.758. The molecule has 212 valence electrons. The molecule has 3 saturated carbocycles. The Morgan fingerprint density at radius 3 is 2.50 bits per heavy atom. The minimum Gasteiger partial charge on any atom is -0.393 e. The zero-order valence-corrected chi connectivity index (χ0v) is 24.6. The van der Waals surface area contributed by atoms with Crippen LogP contribution in [0.5, 0.6) is 0 Å². The minimum atomic E-state index is -3.48. The molecule has 0 aromatic heterocycles. The molecule has 3 fully saturated rings. The number of benzene rings is 1. The monoisotopic (exact) mass is 542 g/mol. The Morgan fingerprint density at radius 1 is 1.03 bits per heavy atom. The molecule has 4 nitrogen and oxygen atoms in total. The second kappa shape index (κ2) is 11.0. The molecular formula is C33H50O4S. The maximum atomic E-state index is 13.6. The van der Waals surface area contributed by atoms with Crippen molar-refractivity contribution in [1.82, 2.24) is 0 Å². The van der Waals surface area contributed by atoms with Gasteiger partial charge in [0.15, 0.2) is 9.84 Å². The molecule has 2 N–H and O–H groups in total. The third kappa shape index (κ3) is 5.17. The van der Waals surface area contributed by atoms with Gasteiger partial charge in [0.1, 0.15) is 0 Å². The van der Waals surface area contributed by atoms with Crippen LogP contribution in [-0.4, -0.2) is 35.6 Å². The fourth-order valence-electron chi connectivity index (χ4n) is 9.31. The minimum absolute atomic E-state index is 0.287. The molecule has 38 heavy (non-hydrogen) atoms. The van der Waals surface area contributed by atoms with Crippen LogP contribution in [0.15, 0.2) is 46.9 Å². The number of aliphatic hydroxyl groups is 2. The molecule has 1 aromatic rings. The highest BCUT2D eigenvalue weighted by Crippen LogP contribution is 2.64. The van der Waals surface area contributed by atoms with Gasteiger partial charge in [-0.15, -0.1) is 0 Å². The number of sulfone groups is 1. The van der Waals surface area contributed by atoms with Crippen molar-refractivity contribution in [1.29, 1.82) is 0 Å². The summed E-state index contributed by atoms with van der Waals surface area (Å²) in [5.41, 5.74) is 1.35. The number of allylic oxidation sites excluding steroid dienone is 1. The average Bonchev–Trinajstić information content (AvgIpc) is 3.27. The van der Waals surface area contributed by atoms with Crippen molar-refractivity contribution < 1.29 is 18.6 Å². The molecule has 0 radical (unpaired) electrons. The van der Waals surface area contributed by atoms with E-state index in [1.165, 1.54) is 25.7 Å². The molecule has 5 heteroatoms. The smallest absolute Gasteiger partial charge is 0.181 e. The lowest BCUT2D eigenvalue weighted by Gasteiger charge is -2.54. The van der Waals surface area contributed by atoms with Crippen LogP contribution in [0, 0.1) is 35.0 Å². The molecule has 5 rings (SSSR count). The highest BCUT2D eigenvalue weighted by Gasteiger charge is 2.56. The third-order valence-corrected chi connectivity index (χ3v) is 14.0. The molecule has 0 bridgehead atoms. The Labute approximate surface area is 231 Å². The quantitative estimate of drug-likeness (QED) is 0.326. The number of hydrogen-bond acceptors (Lipinski definition) is 4. The van der Waals surface area contributed by atoms with Gasteiger partial charge in [0.05, 0.1) is 21.9 Å². The van der Waals surface area contributed by atoms with Crippen molar-refractivity contribution in [3.63, 3.8) is 0 Å². The maximum Gasteiger partial charge on any atom is 0.181 e. The van der Waals surface area contributed by atoms with Crippen molar-refractivity contribution >= 4 is 9.84 Å². The number of hydrogen-bond donors (Lipinski definition) is 2. The molecule has 4 aliphatic rings. The van der Waals surface area contributed by atoms with Crippen molar-refractivity contribution in [3.8, 4) is 0 Å². The second-order valence-electron chi connectivity index (χ2n) is 13.5. The lowest BCUT2D eigenvalue weighted by molar-refractivity contribution is -0.0407. The van der Waals surface area contributed by atoms with E-state index in [-0.39, 0.29) is 5.41 Å². The van der Waals surface area contributed by atoms with Crippen molar-refractivity contribution in [2.45, 2.75) is 126 Å². The summed E-state index contributed by atoms with van der Waals surface area (Å²) in [6.07, 6.45) is 14.4. The molecule has 9 atom stereocenters. The first kappa shape index (κ1) is 28.4. The molecule has 0 saturated heterocycles. The van der Waals surface area contributed by atoms with Gasteiger partial charge in [-0.05, 0) is 131 Å². The highest BCUT2D eigenvalue weighted by atomic mass is 32.2. The highest BCUT2D eigenvalue weighted by molar-refractivity contribution is 7.92. The van der Waals surface area contributed by atoms with E-state index >= 15 is 0 Å². The van der Waals surface area contributed by atoms with Crippen LogP contribution in [0.1, 0.15) is 104 Å². The Morgan fingerprint density at radius 2 is 1.79 bits per heavy atom.